The van der Waals surface area contributed by atoms with Crippen LogP contribution in [0.4, 0.5) is 28.4 Å². The molecule has 0 bridgehead atoms. The second kappa shape index (κ2) is 22.2. The van der Waals surface area contributed by atoms with E-state index in [1.165, 1.54) is 25.0 Å². The predicted octanol–water partition coefficient (Wildman–Crippen LogP) is 6.57. The van der Waals surface area contributed by atoms with E-state index in [0.29, 0.717) is 81.7 Å². The number of hydrogen-bond donors (Lipinski definition) is 6. The van der Waals surface area contributed by atoms with Crippen LogP contribution < -0.4 is 55.3 Å². The largest absolute Gasteiger partial charge is 0.493 e. The smallest absolute Gasteiger partial charge is 0.261 e. The van der Waals surface area contributed by atoms with Crippen molar-refractivity contribution in [1.29, 1.82) is 0 Å². The Morgan fingerprint density at radius 1 is 0.703 bits per heavy atom. The number of rotatable bonds is 19. The van der Waals surface area contributed by atoms with E-state index in [0.717, 1.165) is 28.9 Å². The van der Waals surface area contributed by atoms with E-state index in [2.05, 4.69) is 38.2 Å². The van der Waals surface area contributed by atoms with Gasteiger partial charge in [0.25, 0.3) is 11.8 Å². The van der Waals surface area contributed by atoms with Gasteiger partial charge in [-0.1, -0.05) is 47.2 Å². The summed E-state index contributed by atoms with van der Waals surface area (Å²) >= 11 is 4.22. The molecule has 74 heavy (non-hydrogen) atoms. The number of thiol groups is 1. The number of carbonyl (C=O) groups is 6. The predicted molar refractivity (Wildman–Crippen MR) is 287 cm³/mol. The maximum atomic E-state index is 14.1. The van der Waals surface area contributed by atoms with Crippen molar-refractivity contribution < 1.29 is 47.7 Å². The van der Waals surface area contributed by atoms with E-state index in [-0.39, 0.29) is 60.7 Å². The standard InChI is InChI=1S/C54H56N8O10S2/c1-54(2,74-73)14-13-48(63)57-26-49(64)58-27-50(65)59-28-51(66)60-35-16-31(29-71-46-22-40-38(20-44(46)69-3)52(67)61-36(24-55-40)18-33-9-5-7-11-42(33)61)15-32(17-35)30-72-47-23-41-39(21-45(47)70-4)53(68)62-37(25-56-41)19-34-10-6-8-12-43(34)62/h5-12,15-17,20-24,36-37,56,73H,13-14,18-19,25-30H2,1-4H3,(H,57,63)(H,58,64)(H,59,65)(H,60,66)/t36-,37-/m0/s1. The molecule has 5 aromatic carbocycles. The van der Waals surface area contributed by atoms with Gasteiger partial charge in [0.1, 0.15) is 13.2 Å². The van der Waals surface area contributed by atoms with Crippen molar-refractivity contribution >= 4 is 92.5 Å². The third-order valence-electron chi connectivity index (χ3n) is 13.1. The van der Waals surface area contributed by atoms with Gasteiger partial charge in [0.05, 0.1) is 68.4 Å². The van der Waals surface area contributed by atoms with Gasteiger partial charge < -0.3 is 50.4 Å². The highest BCUT2D eigenvalue weighted by Crippen LogP contribution is 2.43. The van der Waals surface area contributed by atoms with Crippen molar-refractivity contribution in [2.24, 2.45) is 4.99 Å². The Morgan fingerprint density at radius 3 is 1.92 bits per heavy atom. The minimum Gasteiger partial charge on any atom is -0.493 e. The van der Waals surface area contributed by atoms with Crippen LogP contribution in [-0.4, -0.2) is 98.9 Å². The summed E-state index contributed by atoms with van der Waals surface area (Å²) in [6, 6.07) is 27.4. The SMILES string of the molecule is COc1cc2c(cc1OCc1cc(COc3cc4c(cc3OC)C(=O)N3c5ccccc5C[C@H]3CN4)cc(NC(=O)CNC(=O)CNC(=O)CNC(=O)CCC(C)(C)SS)c1)N=C[C@@H]1Cc3ccccc3N1C2=O. The Morgan fingerprint density at radius 2 is 1.27 bits per heavy atom. The third-order valence-corrected chi connectivity index (χ3v) is 15.3. The molecule has 4 aliphatic rings. The maximum absolute atomic E-state index is 14.1. The van der Waals surface area contributed by atoms with E-state index >= 15 is 0 Å². The van der Waals surface area contributed by atoms with Crippen LogP contribution in [0.1, 0.15) is 69.7 Å². The number of aliphatic imine (C=N–C) groups is 1. The van der Waals surface area contributed by atoms with Crippen LogP contribution in [0, 0.1) is 0 Å². The molecule has 18 nitrogen and oxygen atoms in total. The number of nitrogens with zero attached hydrogens (tertiary/aromatic N) is 3. The first-order valence-corrected chi connectivity index (χ1v) is 25.9. The fourth-order valence-corrected chi connectivity index (χ4v) is 9.81. The number of anilines is 4. The van der Waals surface area contributed by atoms with Gasteiger partial charge in [-0.2, -0.15) is 0 Å². The molecule has 0 saturated heterocycles. The molecule has 0 saturated carbocycles. The van der Waals surface area contributed by atoms with E-state index in [1.54, 1.807) is 47.5 Å². The van der Waals surface area contributed by atoms with Gasteiger partial charge in [0.2, 0.25) is 23.6 Å². The molecule has 0 aliphatic carbocycles. The highest BCUT2D eigenvalue weighted by Gasteiger charge is 2.39. The zero-order valence-electron chi connectivity index (χ0n) is 41.2. The van der Waals surface area contributed by atoms with Crippen LogP contribution in [0.25, 0.3) is 0 Å². The van der Waals surface area contributed by atoms with Crippen molar-refractivity contribution in [2.75, 3.05) is 60.8 Å². The number of nitrogens with one attached hydrogen (secondary N) is 5. The highest BCUT2D eigenvalue weighted by molar-refractivity contribution is 8.69. The van der Waals surface area contributed by atoms with Gasteiger partial charge in [-0.15, -0.1) is 11.7 Å². The van der Waals surface area contributed by atoms with E-state index < -0.39 is 30.8 Å². The van der Waals surface area contributed by atoms with Gasteiger partial charge in [-0.05, 0) is 91.4 Å². The second-order valence-corrected chi connectivity index (χ2v) is 20.6. The van der Waals surface area contributed by atoms with E-state index in [4.69, 9.17) is 23.9 Å². The maximum Gasteiger partial charge on any atom is 0.261 e. The molecule has 9 rings (SSSR count). The van der Waals surface area contributed by atoms with Crippen LogP contribution in [0.2, 0.25) is 0 Å². The number of para-hydroxylation sites is 2. The summed E-state index contributed by atoms with van der Waals surface area (Å²) in [5.41, 5.74) is 7.35. The van der Waals surface area contributed by atoms with Crippen LogP contribution in [-0.2, 0) is 45.2 Å². The molecule has 384 valence electrons. The van der Waals surface area contributed by atoms with Crippen molar-refractivity contribution in [1.82, 2.24) is 16.0 Å². The number of benzene rings is 5. The minimum atomic E-state index is -0.620. The molecule has 0 unspecified atom stereocenters. The molecule has 4 aliphatic heterocycles. The van der Waals surface area contributed by atoms with Gasteiger partial charge >= 0.3 is 0 Å². The molecule has 0 fully saturated rings. The first-order chi connectivity index (χ1) is 35.7. The van der Waals surface area contributed by atoms with Crippen LogP contribution in [0.15, 0.2) is 96.0 Å². The Bertz CT molecular complexity index is 3080. The quantitative estimate of drug-likeness (QED) is 0.0383. The summed E-state index contributed by atoms with van der Waals surface area (Å²) in [6.07, 6.45) is 3.93. The Kier molecular flexibility index (Phi) is 15.4. The van der Waals surface area contributed by atoms with E-state index in [1.807, 2.05) is 73.3 Å². The average Bonchev–Trinajstić information content (AvgIpc) is 3.90. The number of methoxy groups -OCH3 is 2. The highest BCUT2D eigenvalue weighted by atomic mass is 33.1. The van der Waals surface area contributed by atoms with Crippen LogP contribution in [0.5, 0.6) is 23.0 Å². The number of amides is 6. The zero-order chi connectivity index (χ0) is 52.1. The van der Waals surface area contributed by atoms with Crippen molar-refractivity contribution in [3.63, 3.8) is 0 Å². The molecule has 20 heteroatoms. The summed E-state index contributed by atoms with van der Waals surface area (Å²) in [5.74, 6) is -1.02. The zero-order valence-corrected chi connectivity index (χ0v) is 43.0. The molecule has 0 spiro atoms. The lowest BCUT2D eigenvalue weighted by Gasteiger charge is -2.22. The van der Waals surface area contributed by atoms with E-state index in [9.17, 15) is 28.8 Å². The van der Waals surface area contributed by atoms with Gasteiger partial charge in [-0.25, -0.2) is 0 Å². The molecule has 0 radical (unpaired) electrons. The molecular weight excluding hydrogens is 985 g/mol. The lowest BCUT2D eigenvalue weighted by atomic mass is 10.1. The minimum absolute atomic E-state index is 0.00861. The molecular formula is C54H56N8O10S2. The Balaban J connectivity index is 0.895. The van der Waals surface area contributed by atoms with Gasteiger partial charge in [0, 0.05) is 59.5 Å². The van der Waals surface area contributed by atoms with Crippen LogP contribution in [0.3, 0.4) is 0 Å². The molecule has 6 amide bonds. The summed E-state index contributed by atoms with van der Waals surface area (Å²) in [6.45, 7) is 3.27. The number of hydrogen-bond acceptors (Lipinski definition) is 14. The normalized spacial score (nSPS) is 15.9. The molecule has 5 aromatic rings. The van der Waals surface area contributed by atoms with Crippen molar-refractivity contribution in [3.05, 3.63) is 124 Å². The van der Waals surface area contributed by atoms with Crippen LogP contribution >= 0.6 is 22.5 Å². The summed E-state index contributed by atoms with van der Waals surface area (Å²) in [4.78, 5) is 87.1. The number of fused-ring (bicyclic) bond motifs is 8. The summed E-state index contributed by atoms with van der Waals surface area (Å²) < 4.78 is 24.1. The summed E-state index contributed by atoms with van der Waals surface area (Å²) in [5, 5.41) is 13.8. The number of carbonyl (C=O) groups excluding carboxylic acids is 6. The number of ether oxygens (including phenoxy) is 4. The monoisotopic (exact) mass is 1040 g/mol. The summed E-state index contributed by atoms with van der Waals surface area (Å²) in [7, 11) is 4.34. The molecule has 0 aromatic heterocycles. The van der Waals surface area contributed by atoms with Crippen molar-refractivity contribution in [3.8, 4) is 23.0 Å². The lowest BCUT2D eigenvalue weighted by molar-refractivity contribution is -0.128. The lowest BCUT2D eigenvalue weighted by Crippen LogP contribution is -2.43. The molecule has 4 heterocycles. The Hall–Kier alpha value is -7.71. The topological polar surface area (TPSA) is 218 Å². The molecule has 5 N–H and O–H groups in total. The average molecular weight is 1040 g/mol. The molecule has 2 atom stereocenters. The fraction of sp³-hybridized carbons (Fsp3) is 0.315. The second-order valence-electron chi connectivity index (χ2n) is 18.8. The fourth-order valence-electron chi connectivity index (χ4n) is 9.34. The van der Waals surface area contributed by atoms with Crippen molar-refractivity contribution in [2.45, 2.75) is 69.6 Å². The first-order valence-electron chi connectivity index (χ1n) is 24.1. The Labute approximate surface area is 437 Å². The first kappa shape index (κ1) is 51.2. The van der Waals surface area contributed by atoms with Gasteiger partial charge in [0.15, 0.2) is 23.0 Å². The third kappa shape index (κ3) is 11.4. The van der Waals surface area contributed by atoms with Gasteiger partial charge in [-0.3, -0.25) is 38.7 Å².